The Labute approximate surface area is 175 Å². The van der Waals surface area contributed by atoms with Crippen molar-refractivity contribution in [2.75, 3.05) is 5.32 Å². The lowest BCUT2D eigenvalue weighted by Gasteiger charge is -2.09. The van der Waals surface area contributed by atoms with E-state index >= 15 is 0 Å². The third kappa shape index (κ3) is 5.24. The highest BCUT2D eigenvalue weighted by molar-refractivity contribution is 9.10. The van der Waals surface area contributed by atoms with Crippen molar-refractivity contribution in [3.63, 3.8) is 0 Å². The lowest BCUT2D eigenvalue weighted by Crippen LogP contribution is -2.13. The number of hydrogen-bond donors (Lipinski definition) is 1. The van der Waals surface area contributed by atoms with E-state index in [9.17, 15) is 18.0 Å². The molecular weight excluding hydrogens is 479 g/mol. The van der Waals surface area contributed by atoms with Gasteiger partial charge in [-0.25, -0.2) is 4.68 Å². The molecule has 0 fully saturated rings. The first-order chi connectivity index (χ1) is 13.2. The lowest BCUT2D eigenvalue weighted by molar-refractivity contribution is -0.137. The van der Waals surface area contributed by atoms with E-state index in [1.54, 1.807) is 28.3 Å². The van der Waals surface area contributed by atoms with Crippen LogP contribution in [0.4, 0.5) is 19.0 Å². The number of nitrogens with zero attached hydrogens (tertiary/aromatic N) is 2. The molecule has 0 atom stereocenters. The quantitative estimate of drug-likeness (QED) is 0.441. The molecule has 28 heavy (non-hydrogen) atoms. The van der Waals surface area contributed by atoms with Crippen molar-refractivity contribution >= 4 is 56.7 Å². The largest absolute Gasteiger partial charge is 0.417 e. The minimum Gasteiger partial charge on any atom is -0.307 e. The number of amides is 1. The molecule has 146 valence electrons. The number of aromatic nitrogens is 2. The van der Waals surface area contributed by atoms with E-state index in [-0.39, 0.29) is 5.56 Å². The van der Waals surface area contributed by atoms with Gasteiger partial charge >= 0.3 is 6.18 Å². The van der Waals surface area contributed by atoms with Crippen LogP contribution < -0.4 is 5.32 Å². The Kier molecular flexibility index (Phi) is 6.26. The van der Waals surface area contributed by atoms with E-state index < -0.39 is 22.7 Å². The molecule has 1 aromatic carbocycles. The maximum atomic E-state index is 12.9. The summed E-state index contributed by atoms with van der Waals surface area (Å²) in [5.74, 6) is -0.0103. The van der Waals surface area contributed by atoms with Gasteiger partial charge in [0.1, 0.15) is 5.82 Å². The van der Waals surface area contributed by atoms with Crippen molar-refractivity contribution in [2.24, 2.45) is 0 Å². The predicted octanol–water partition coefficient (Wildman–Crippen LogP) is 6.08. The molecule has 0 spiro atoms. The molecule has 10 heteroatoms. The Morgan fingerprint density at radius 1 is 1.32 bits per heavy atom. The summed E-state index contributed by atoms with van der Waals surface area (Å²) in [7, 11) is 0. The first-order valence-corrected chi connectivity index (χ1v) is 9.88. The summed E-state index contributed by atoms with van der Waals surface area (Å²) in [6, 6.07) is 7.04. The highest BCUT2D eigenvalue weighted by Gasteiger charge is 2.33. The Morgan fingerprint density at radius 3 is 2.79 bits per heavy atom. The van der Waals surface area contributed by atoms with Crippen LogP contribution in [0, 0.1) is 0 Å². The fourth-order valence-electron chi connectivity index (χ4n) is 2.35. The second-order valence-electron chi connectivity index (χ2n) is 5.66. The summed E-state index contributed by atoms with van der Waals surface area (Å²) in [5.41, 5.74) is -0.735. The summed E-state index contributed by atoms with van der Waals surface area (Å²) in [4.78, 5) is 13.2. The van der Waals surface area contributed by atoms with E-state index in [1.165, 1.54) is 12.1 Å². The number of thiophene rings is 1. The molecule has 0 aliphatic heterocycles. The van der Waals surface area contributed by atoms with Crippen molar-refractivity contribution in [3.05, 3.63) is 73.5 Å². The fourth-order valence-corrected chi connectivity index (χ4v) is 4.01. The molecule has 1 amide bonds. The molecule has 3 rings (SSSR count). The van der Waals surface area contributed by atoms with Crippen LogP contribution >= 0.6 is 38.9 Å². The summed E-state index contributed by atoms with van der Waals surface area (Å²) in [6.07, 6.45) is -0.566. The molecule has 0 radical (unpaired) electrons. The Hall–Kier alpha value is -2.10. The van der Waals surface area contributed by atoms with E-state index in [4.69, 9.17) is 11.6 Å². The van der Waals surface area contributed by atoms with Gasteiger partial charge in [0.05, 0.1) is 23.3 Å². The van der Waals surface area contributed by atoms with Crippen LogP contribution in [-0.4, -0.2) is 15.7 Å². The number of anilines is 1. The molecule has 4 nitrogen and oxygen atoms in total. The molecule has 2 heterocycles. The second kappa shape index (κ2) is 8.50. The zero-order valence-corrected chi connectivity index (χ0v) is 17.2. The number of nitrogens with one attached hydrogen (secondary N) is 1. The average Bonchev–Trinajstić information content (AvgIpc) is 3.22. The van der Waals surface area contributed by atoms with Crippen LogP contribution in [0.25, 0.3) is 6.08 Å². The van der Waals surface area contributed by atoms with Gasteiger partial charge in [0, 0.05) is 26.9 Å². The Bertz CT molecular complexity index is 1030. The van der Waals surface area contributed by atoms with E-state index in [2.05, 4.69) is 26.3 Å². The SMILES string of the molecule is O=C(/C=C/c1ccc(Cl)c(C(F)(F)F)c1)Nc1ccnn1Cc1cc(Br)cs1. The van der Waals surface area contributed by atoms with Crippen LogP contribution in [0.1, 0.15) is 16.0 Å². The molecule has 0 bridgehead atoms. The van der Waals surface area contributed by atoms with Gasteiger partial charge in [0.2, 0.25) is 5.91 Å². The van der Waals surface area contributed by atoms with E-state index in [1.807, 2.05) is 11.4 Å². The monoisotopic (exact) mass is 489 g/mol. The number of rotatable bonds is 5. The summed E-state index contributed by atoms with van der Waals surface area (Å²) in [6.45, 7) is 0.481. The van der Waals surface area contributed by atoms with Crippen molar-refractivity contribution in [1.29, 1.82) is 0 Å². The van der Waals surface area contributed by atoms with Gasteiger partial charge in [-0.15, -0.1) is 11.3 Å². The highest BCUT2D eigenvalue weighted by Crippen LogP contribution is 2.35. The predicted molar refractivity (Wildman–Crippen MR) is 107 cm³/mol. The summed E-state index contributed by atoms with van der Waals surface area (Å²) in [5, 5.41) is 8.39. The summed E-state index contributed by atoms with van der Waals surface area (Å²) >= 11 is 10.5. The van der Waals surface area contributed by atoms with Gasteiger partial charge in [-0.05, 0) is 45.8 Å². The number of hydrogen-bond acceptors (Lipinski definition) is 3. The number of benzene rings is 1. The van der Waals surface area contributed by atoms with Gasteiger partial charge in [0.15, 0.2) is 0 Å². The Morgan fingerprint density at radius 2 is 2.11 bits per heavy atom. The number of alkyl halides is 3. The molecule has 0 unspecified atom stereocenters. The maximum absolute atomic E-state index is 12.9. The van der Waals surface area contributed by atoms with Crippen LogP contribution in [-0.2, 0) is 17.5 Å². The molecule has 0 aliphatic carbocycles. The topological polar surface area (TPSA) is 46.9 Å². The summed E-state index contributed by atoms with van der Waals surface area (Å²) < 4.78 is 41.3. The molecule has 0 saturated carbocycles. The van der Waals surface area contributed by atoms with Crippen molar-refractivity contribution in [1.82, 2.24) is 9.78 Å². The maximum Gasteiger partial charge on any atom is 0.417 e. The van der Waals surface area contributed by atoms with E-state index in [0.29, 0.717) is 12.4 Å². The van der Waals surface area contributed by atoms with Crippen LogP contribution in [0.5, 0.6) is 0 Å². The smallest absolute Gasteiger partial charge is 0.307 e. The van der Waals surface area contributed by atoms with Gasteiger partial charge in [-0.3, -0.25) is 4.79 Å². The number of halogens is 5. The van der Waals surface area contributed by atoms with Gasteiger partial charge in [0.25, 0.3) is 0 Å². The minimum atomic E-state index is -4.56. The van der Waals surface area contributed by atoms with Crippen LogP contribution in [0.15, 0.2) is 52.5 Å². The second-order valence-corrected chi connectivity index (χ2v) is 7.98. The Balaban J connectivity index is 1.69. The molecule has 1 N–H and O–H groups in total. The first-order valence-electron chi connectivity index (χ1n) is 7.83. The van der Waals surface area contributed by atoms with Gasteiger partial charge < -0.3 is 5.32 Å². The third-order valence-electron chi connectivity index (χ3n) is 3.62. The van der Waals surface area contributed by atoms with Gasteiger partial charge in [-0.2, -0.15) is 18.3 Å². The van der Waals surface area contributed by atoms with Crippen molar-refractivity contribution < 1.29 is 18.0 Å². The first kappa shape index (κ1) is 20.6. The third-order valence-corrected chi connectivity index (χ3v) is 5.63. The average molecular weight is 491 g/mol. The number of carbonyl (C=O) groups excluding carboxylic acids is 1. The van der Waals surface area contributed by atoms with Crippen molar-refractivity contribution in [2.45, 2.75) is 12.7 Å². The van der Waals surface area contributed by atoms with Gasteiger partial charge in [-0.1, -0.05) is 17.7 Å². The zero-order valence-electron chi connectivity index (χ0n) is 14.0. The lowest BCUT2D eigenvalue weighted by atomic mass is 10.1. The molecule has 3 aromatic rings. The standard InChI is InChI=1S/C18H12BrClF3N3OS/c19-12-8-13(28-10-12)9-26-16(5-6-24-26)25-17(27)4-2-11-1-3-15(20)14(7-11)18(21,22)23/h1-8,10H,9H2,(H,25,27)/b4-2+. The fraction of sp³-hybridized carbons (Fsp3) is 0.111. The zero-order chi connectivity index (χ0) is 20.3. The molecular formula is C18H12BrClF3N3OS. The van der Waals surface area contributed by atoms with Crippen molar-refractivity contribution in [3.8, 4) is 0 Å². The molecule has 0 saturated heterocycles. The normalized spacial score (nSPS) is 11.9. The van der Waals surface area contributed by atoms with E-state index in [0.717, 1.165) is 27.6 Å². The molecule has 2 aromatic heterocycles. The van der Waals surface area contributed by atoms with Crippen LogP contribution in [0.3, 0.4) is 0 Å². The van der Waals surface area contributed by atoms with Crippen LogP contribution in [0.2, 0.25) is 5.02 Å². The molecule has 0 aliphatic rings. The minimum absolute atomic E-state index is 0.212. The number of carbonyl (C=O) groups is 1. The highest BCUT2D eigenvalue weighted by atomic mass is 79.9.